The van der Waals surface area contributed by atoms with Gasteiger partial charge in [-0.15, -0.1) is 0 Å². The molecule has 1 heterocycles. The van der Waals surface area contributed by atoms with E-state index >= 15 is 0 Å². The zero-order chi connectivity index (χ0) is 10.9. The quantitative estimate of drug-likeness (QED) is 0.689. The number of hydrogen-bond donors (Lipinski definition) is 2. The molecular formula is C11H20N2O2. The smallest absolute Gasteiger partial charge is 0.230 e. The maximum Gasteiger partial charge on any atom is 0.230 e. The van der Waals surface area contributed by atoms with E-state index in [2.05, 4.69) is 0 Å². The van der Waals surface area contributed by atoms with Crippen LogP contribution in [0.1, 0.15) is 25.7 Å². The maximum atomic E-state index is 12.1. The van der Waals surface area contributed by atoms with Crippen LogP contribution in [-0.2, 0) is 4.79 Å². The molecule has 0 unspecified atom stereocenters. The summed E-state index contributed by atoms with van der Waals surface area (Å²) in [7, 11) is 0. The fraction of sp³-hybridized carbons (Fsp3) is 0.909. The van der Waals surface area contributed by atoms with E-state index < -0.39 is 0 Å². The lowest BCUT2D eigenvalue weighted by Gasteiger charge is -2.33. The number of carbonyl (C=O) groups excluding carboxylic acids is 1. The molecule has 4 nitrogen and oxygen atoms in total. The van der Waals surface area contributed by atoms with Gasteiger partial charge in [-0.1, -0.05) is 0 Å². The number of nitrogens with zero attached hydrogens (tertiary/aromatic N) is 1. The van der Waals surface area contributed by atoms with Gasteiger partial charge in [-0.2, -0.15) is 0 Å². The van der Waals surface area contributed by atoms with E-state index in [1.807, 2.05) is 4.90 Å². The van der Waals surface area contributed by atoms with Crippen molar-refractivity contribution in [3.63, 3.8) is 0 Å². The number of nitrogens with two attached hydrogens (primary N) is 1. The number of carbonyl (C=O) groups is 1. The predicted molar refractivity (Wildman–Crippen MR) is 57.1 cm³/mol. The lowest BCUT2D eigenvalue weighted by molar-refractivity contribution is -0.138. The molecule has 4 heteroatoms. The van der Waals surface area contributed by atoms with Crippen molar-refractivity contribution in [2.24, 2.45) is 17.1 Å². The lowest BCUT2D eigenvalue weighted by Crippen LogP contribution is -2.45. The Balaban J connectivity index is 1.88. The van der Waals surface area contributed by atoms with Crippen LogP contribution in [0.4, 0.5) is 0 Å². The average Bonchev–Trinajstić information content (AvgIpc) is 3.09. The van der Waals surface area contributed by atoms with E-state index in [1.54, 1.807) is 0 Å². The Labute approximate surface area is 90.4 Å². The second kappa shape index (κ2) is 4.10. The fourth-order valence-corrected chi connectivity index (χ4v) is 2.31. The summed E-state index contributed by atoms with van der Waals surface area (Å²) in [6, 6.07) is 0. The first-order valence-corrected chi connectivity index (χ1v) is 5.82. The molecule has 15 heavy (non-hydrogen) atoms. The molecule has 0 spiro atoms. The largest absolute Gasteiger partial charge is 0.396 e. The Kier molecular flexibility index (Phi) is 2.98. The van der Waals surface area contributed by atoms with Crippen LogP contribution in [0, 0.1) is 11.3 Å². The summed E-state index contributed by atoms with van der Waals surface area (Å²) < 4.78 is 0. The van der Waals surface area contributed by atoms with Crippen molar-refractivity contribution >= 4 is 5.91 Å². The molecule has 1 saturated heterocycles. The summed E-state index contributed by atoms with van der Waals surface area (Å²) >= 11 is 0. The van der Waals surface area contributed by atoms with E-state index in [9.17, 15) is 4.79 Å². The number of aliphatic hydroxyl groups is 1. The third-order valence-corrected chi connectivity index (χ3v) is 3.86. The van der Waals surface area contributed by atoms with Crippen molar-refractivity contribution in [3.05, 3.63) is 0 Å². The van der Waals surface area contributed by atoms with Crippen molar-refractivity contribution in [1.29, 1.82) is 0 Å². The molecule has 86 valence electrons. The molecule has 0 aromatic rings. The third kappa shape index (κ3) is 2.01. The molecule has 1 aliphatic carbocycles. The highest BCUT2D eigenvalue weighted by molar-refractivity contribution is 5.85. The molecule has 2 aliphatic rings. The van der Waals surface area contributed by atoms with Gasteiger partial charge in [-0.05, 0) is 31.6 Å². The highest BCUT2D eigenvalue weighted by Crippen LogP contribution is 2.46. The van der Waals surface area contributed by atoms with Gasteiger partial charge in [0.05, 0.1) is 5.41 Å². The normalized spacial score (nSPS) is 25.3. The second-order valence-corrected chi connectivity index (χ2v) is 4.90. The van der Waals surface area contributed by atoms with Crippen LogP contribution in [0.5, 0.6) is 0 Å². The Morgan fingerprint density at radius 1 is 1.40 bits per heavy atom. The molecule has 0 aromatic heterocycles. The summed E-state index contributed by atoms with van der Waals surface area (Å²) in [5.41, 5.74) is 5.44. The summed E-state index contributed by atoms with van der Waals surface area (Å²) in [4.78, 5) is 14.0. The molecule has 0 aromatic carbocycles. The van der Waals surface area contributed by atoms with Crippen molar-refractivity contribution in [1.82, 2.24) is 4.90 Å². The van der Waals surface area contributed by atoms with Crippen LogP contribution in [-0.4, -0.2) is 42.2 Å². The van der Waals surface area contributed by atoms with Gasteiger partial charge in [-0.3, -0.25) is 4.79 Å². The molecule has 0 atom stereocenters. The van der Waals surface area contributed by atoms with E-state index in [4.69, 9.17) is 10.8 Å². The number of likely N-dealkylation sites (tertiary alicyclic amines) is 1. The lowest BCUT2D eigenvalue weighted by atomic mass is 9.96. The summed E-state index contributed by atoms with van der Waals surface area (Å²) in [6.45, 7) is 2.34. The second-order valence-electron chi connectivity index (χ2n) is 4.90. The van der Waals surface area contributed by atoms with Crippen molar-refractivity contribution in [2.45, 2.75) is 25.7 Å². The molecular weight excluding hydrogens is 192 g/mol. The van der Waals surface area contributed by atoms with E-state index in [0.29, 0.717) is 12.5 Å². The molecule has 0 bridgehead atoms. The summed E-state index contributed by atoms with van der Waals surface area (Å²) in [5.74, 6) is 0.642. The number of amides is 1. The molecule has 1 saturated carbocycles. The van der Waals surface area contributed by atoms with E-state index in [0.717, 1.165) is 38.8 Å². The monoisotopic (exact) mass is 212 g/mol. The molecule has 1 aliphatic heterocycles. The number of piperidine rings is 1. The fourth-order valence-electron chi connectivity index (χ4n) is 2.31. The summed E-state index contributed by atoms with van der Waals surface area (Å²) in [6.07, 6.45) is 3.79. The minimum Gasteiger partial charge on any atom is -0.396 e. The van der Waals surface area contributed by atoms with Crippen LogP contribution in [0.3, 0.4) is 0 Å². The van der Waals surface area contributed by atoms with Gasteiger partial charge in [0.1, 0.15) is 0 Å². The molecule has 0 radical (unpaired) electrons. The zero-order valence-corrected chi connectivity index (χ0v) is 9.11. The Bertz CT molecular complexity index is 243. The van der Waals surface area contributed by atoms with Crippen LogP contribution in [0.2, 0.25) is 0 Å². The minimum atomic E-state index is -0.202. The first-order chi connectivity index (χ1) is 7.22. The van der Waals surface area contributed by atoms with Gasteiger partial charge in [0.2, 0.25) is 5.91 Å². The Morgan fingerprint density at radius 3 is 2.40 bits per heavy atom. The molecule has 3 N–H and O–H groups in total. The van der Waals surface area contributed by atoms with Crippen LogP contribution in [0.15, 0.2) is 0 Å². The maximum absolute atomic E-state index is 12.1. The van der Waals surface area contributed by atoms with E-state index in [-0.39, 0.29) is 17.9 Å². The molecule has 2 rings (SSSR count). The van der Waals surface area contributed by atoms with Crippen molar-refractivity contribution in [2.75, 3.05) is 26.2 Å². The minimum absolute atomic E-state index is 0.202. The first kappa shape index (κ1) is 10.9. The number of rotatable bonds is 3. The first-order valence-electron chi connectivity index (χ1n) is 5.82. The van der Waals surface area contributed by atoms with Gasteiger partial charge in [0, 0.05) is 26.2 Å². The average molecular weight is 212 g/mol. The SMILES string of the molecule is NCC1(C(=O)N2CCC(CO)CC2)CC1. The zero-order valence-electron chi connectivity index (χ0n) is 9.11. The van der Waals surface area contributed by atoms with Crippen LogP contribution < -0.4 is 5.73 Å². The highest BCUT2D eigenvalue weighted by Gasteiger charge is 2.50. The molecule has 2 fully saturated rings. The van der Waals surface area contributed by atoms with Crippen LogP contribution in [0.25, 0.3) is 0 Å². The van der Waals surface area contributed by atoms with Crippen LogP contribution >= 0.6 is 0 Å². The highest BCUT2D eigenvalue weighted by atomic mass is 16.3. The predicted octanol–water partition coefficient (Wildman–Crippen LogP) is -0.0438. The standard InChI is InChI=1S/C11H20N2O2/c12-8-11(3-4-11)10(15)13-5-1-9(7-14)2-6-13/h9,14H,1-8,12H2. The third-order valence-electron chi connectivity index (χ3n) is 3.86. The van der Waals surface area contributed by atoms with Crippen molar-refractivity contribution < 1.29 is 9.90 Å². The van der Waals surface area contributed by atoms with Gasteiger partial charge < -0.3 is 15.7 Å². The van der Waals surface area contributed by atoms with Gasteiger partial charge in [0.25, 0.3) is 0 Å². The van der Waals surface area contributed by atoms with E-state index in [1.165, 1.54) is 0 Å². The molecule has 1 amide bonds. The summed E-state index contributed by atoms with van der Waals surface area (Å²) in [5, 5.41) is 9.01. The Morgan fingerprint density at radius 2 is 2.00 bits per heavy atom. The van der Waals surface area contributed by atoms with Gasteiger partial charge in [0.15, 0.2) is 0 Å². The van der Waals surface area contributed by atoms with Crippen molar-refractivity contribution in [3.8, 4) is 0 Å². The van der Waals surface area contributed by atoms with Gasteiger partial charge in [-0.25, -0.2) is 0 Å². The number of hydrogen-bond acceptors (Lipinski definition) is 3. The topological polar surface area (TPSA) is 66.6 Å². The number of aliphatic hydroxyl groups excluding tert-OH is 1. The Hall–Kier alpha value is -0.610. The van der Waals surface area contributed by atoms with Gasteiger partial charge >= 0.3 is 0 Å².